The number of aromatic nitrogens is 1. The van der Waals surface area contributed by atoms with Crippen LogP contribution in [-0.2, 0) is 27.2 Å². The Morgan fingerprint density at radius 3 is 2.18 bits per heavy atom. The van der Waals surface area contributed by atoms with Crippen LogP contribution < -0.4 is 0 Å². The number of hydrogen-bond donors (Lipinski definition) is 0. The lowest BCUT2D eigenvalue weighted by molar-refractivity contribution is -0.145. The van der Waals surface area contributed by atoms with Gasteiger partial charge in [0.25, 0.3) is 0 Å². The van der Waals surface area contributed by atoms with E-state index < -0.39 is 5.97 Å². The second kappa shape index (κ2) is 16.0. The maximum atomic E-state index is 13.7. The lowest BCUT2D eigenvalue weighted by Gasteiger charge is -2.11. The number of unbranched alkanes of at least 4 members (excludes halogenated alkanes) is 9. The fraction of sp³-hybridized carbons (Fsp3) is 0.594. The maximum Gasteiger partial charge on any atom is 0.338 e. The van der Waals surface area contributed by atoms with Crippen molar-refractivity contribution in [2.24, 2.45) is 0 Å². The number of halogens is 1. The monoisotopic (exact) mass is 601 g/mol. The Morgan fingerprint density at radius 1 is 0.897 bits per heavy atom. The van der Waals surface area contributed by atoms with Gasteiger partial charge in [-0.25, -0.2) is 4.79 Å². The van der Waals surface area contributed by atoms with E-state index in [0.717, 1.165) is 28.6 Å². The highest BCUT2D eigenvalue weighted by Crippen LogP contribution is 2.41. The first-order valence-corrected chi connectivity index (χ1v) is 15.6. The fourth-order valence-electron chi connectivity index (χ4n) is 5.44. The van der Waals surface area contributed by atoms with E-state index in [-0.39, 0.29) is 24.3 Å². The zero-order valence-electron chi connectivity index (χ0n) is 23.9. The van der Waals surface area contributed by atoms with Crippen LogP contribution in [0.4, 0.5) is 0 Å². The van der Waals surface area contributed by atoms with Crippen molar-refractivity contribution < 1.29 is 23.9 Å². The molecule has 1 unspecified atom stereocenters. The molecule has 1 aliphatic rings. The summed E-state index contributed by atoms with van der Waals surface area (Å²) in [5, 5.41) is 0. The Balaban J connectivity index is 1.59. The maximum absolute atomic E-state index is 13.7. The summed E-state index contributed by atoms with van der Waals surface area (Å²) in [7, 11) is 0. The van der Waals surface area contributed by atoms with Crippen LogP contribution in [0.5, 0.6) is 0 Å². The van der Waals surface area contributed by atoms with E-state index in [9.17, 15) is 14.4 Å². The number of esters is 2. The van der Waals surface area contributed by atoms with E-state index in [1.807, 2.05) is 11.5 Å². The number of fused-ring (bicyclic) bond motifs is 1. The molecule has 0 radical (unpaired) electrons. The van der Waals surface area contributed by atoms with Crippen molar-refractivity contribution in [2.45, 2.75) is 110 Å². The molecule has 0 N–H and O–H groups in total. The Hall–Kier alpha value is -2.41. The van der Waals surface area contributed by atoms with Crippen LogP contribution in [0, 0.1) is 0 Å². The van der Waals surface area contributed by atoms with Crippen molar-refractivity contribution in [2.75, 3.05) is 13.2 Å². The number of carbonyl (C=O) groups is 3. The second-order valence-electron chi connectivity index (χ2n) is 10.4. The van der Waals surface area contributed by atoms with Crippen molar-refractivity contribution in [3.63, 3.8) is 0 Å². The molecule has 0 amide bonds. The number of nitrogens with zero attached hydrogens (tertiary/aromatic N) is 1. The molecule has 0 saturated carbocycles. The van der Waals surface area contributed by atoms with E-state index in [1.54, 1.807) is 31.2 Å². The van der Waals surface area contributed by atoms with Crippen molar-refractivity contribution in [3.05, 3.63) is 56.8 Å². The molecule has 7 heteroatoms. The summed E-state index contributed by atoms with van der Waals surface area (Å²) in [6, 6.07) is 6.64. The summed E-state index contributed by atoms with van der Waals surface area (Å²) in [4.78, 5) is 38.9. The molecule has 214 valence electrons. The minimum Gasteiger partial charge on any atom is -0.465 e. The molecule has 0 saturated heterocycles. The van der Waals surface area contributed by atoms with Gasteiger partial charge in [-0.2, -0.15) is 0 Å². The van der Waals surface area contributed by atoms with Crippen molar-refractivity contribution in [1.82, 2.24) is 4.57 Å². The molecule has 3 rings (SSSR count). The van der Waals surface area contributed by atoms with Crippen LogP contribution in [0.15, 0.2) is 28.7 Å². The Morgan fingerprint density at radius 2 is 1.54 bits per heavy atom. The topological polar surface area (TPSA) is 74.6 Å². The number of hydrogen-bond acceptors (Lipinski definition) is 5. The zero-order valence-corrected chi connectivity index (χ0v) is 25.4. The Labute approximate surface area is 242 Å². The molecule has 0 bridgehead atoms. The molecular weight excluding hydrogens is 558 g/mol. The third kappa shape index (κ3) is 8.06. The predicted octanol–water partition coefficient (Wildman–Crippen LogP) is 8.17. The fourth-order valence-corrected chi connectivity index (χ4v) is 6.40. The van der Waals surface area contributed by atoms with Gasteiger partial charge in [0.05, 0.1) is 30.4 Å². The highest BCUT2D eigenvalue weighted by molar-refractivity contribution is 9.10. The van der Waals surface area contributed by atoms with E-state index in [4.69, 9.17) is 9.47 Å². The summed E-state index contributed by atoms with van der Waals surface area (Å²) in [5.41, 5.74) is 3.05. The first-order chi connectivity index (χ1) is 18.9. The first-order valence-electron chi connectivity index (χ1n) is 14.8. The molecule has 0 spiro atoms. The number of ketones is 1. The minimum absolute atomic E-state index is 0.163. The van der Waals surface area contributed by atoms with Gasteiger partial charge in [-0.3, -0.25) is 9.59 Å². The van der Waals surface area contributed by atoms with E-state index in [0.29, 0.717) is 42.8 Å². The number of carbonyl (C=O) groups excluding carboxylic acids is 3. The zero-order chi connectivity index (χ0) is 28.2. The van der Waals surface area contributed by atoms with Gasteiger partial charge in [0.1, 0.15) is 0 Å². The molecule has 1 aliphatic heterocycles. The van der Waals surface area contributed by atoms with Crippen LogP contribution in [0.2, 0.25) is 0 Å². The molecule has 2 aromatic rings. The third-order valence-electron chi connectivity index (χ3n) is 7.54. The summed E-state index contributed by atoms with van der Waals surface area (Å²) in [5.74, 6) is -1.21. The van der Waals surface area contributed by atoms with Crippen LogP contribution in [-0.4, -0.2) is 35.5 Å². The molecule has 6 nitrogen and oxygen atoms in total. The largest absolute Gasteiger partial charge is 0.465 e. The van der Waals surface area contributed by atoms with Crippen LogP contribution >= 0.6 is 15.9 Å². The van der Waals surface area contributed by atoms with Crippen LogP contribution in [0.3, 0.4) is 0 Å². The van der Waals surface area contributed by atoms with Gasteiger partial charge < -0.3 is 14.0 Å². The molecule has 0 fully saturated rings. The van der Waals surface area contributed by atoms with E-state index in [2.05, 4.69) is 22.9 Å². The summed E-state index contributed by atoms with van der Waals surface area (Å²) in [6.07, 6.45) is 13.6. The lowest BCUT2D eigenvalue weighted by atomic mass is 10.00. The van der Waals surface area contributed by atoms with Crippen molar-refractivity contribution in [3.8, 4) is 0 Å². The molecule has 1 atom stereocenters. The van der Waals surface area contributed by atoms with Crippen LogP contribution in [0.25, 0.3) is 0 Å². The van der Waals surface area contributed by atoms with Gasteiger partial charge in [0.2, 0.25) is 5.78 Å². The smallest absolute Gasteiger partial charge is 0.338 e. The number of rotatable bonds is 17. The molecule has 2 heterocycles. The number of benzene rings is 1. The van der Waals surface area contributed by atoms with Crippen molar-refractivity contribution >= 4 is 33.7 Å². The second-order valence-corrected chi connectivity index (χ2v) is 11.1. The van der Waals surface area contributed by atoms with Gasteiger partial charge in [-0.15, -0.1) is 0 Å². The number of ether oxygens (including phenoxy) is 2. The molecule has 0 aliphatic carbocycles. The Bertz CT molecular complexity index is 1120. The molecule has 39 heavy (non-hydrogen) atoms. The summed E-state index contributed by atoms with van der Waals surface area (Å²) < 4.78 is 13.6. The van der Waals surface area contributed by atoms with E-state index in [1.165, 1.54) is 51.4 Å². The lowest BCUT2D eigenvalue weighted by Crippen LogP contribution is -2.15. The van der Waals surface area contributed by atoms with E-state index >= 15 is 0 Å². The summed E-state index contributed by atoms with van der Waals surface area (Å²) >= 11 is 3.70. The standard InChI is InChI=1S/C32H44BrNO5/c1-4-7-8-9-10-11-12-13-14-15-21-39-32(37)26-19-20-34-28(26)27(33)25(5-2)29(34)30(35)23-17-16-18-24(22-23)31(36)38-6-3/h16-18,22,26H,4-15,19-21H2,1-3H3. The van der Waals surface area contributed by atoms with Gasteiger partial charge in [0, 0.05) is 22.3 Å². The molecule has 1 aromatic heterocycles. The minimum atomic E-state index is -0.449. The normalized spacial score (nSPS) is 14.3. The van der Waals surface area contributed by atoms with Crippen molar-refractivity contribution in [1.29, 1.82) is 0 Å². The first kappa shape index (κ1) is 31.1. The van der Waals surface area contributed by atoms with Gasteiger partial charge >= 0.3 is 11.9 Å². The predicted molar refractivity (Wildman–Crippen MR) is 158 cm³/mol. The van der Waals surface area contributed by atoms with Crippen LogP contribution in [0.1, 0.15) is 135 Å². The SMILES string of the molecule is CCCCCCCCCCCCOC(=O)C1CCn2c(C(=O)c3cccc(C(=O)OCC)c3)c(CC)c(Br)c21. The van der Waals surface area contributed by atoms with Gasteiger partial charge in [0.15, 0.2) is 0 Å². The molecule has 1 aromatic carbocycles. The van der Waals surface area contributed by atoms with Gasteiger partial charge in [-0.05, 0) is 59.8 Å². The average molecular weight is 603 g/mol. The van der Waals surface area contributed by atoms with Gasteiger partial charge in [-0.1, -0.05) is 83.8 Å². The Kier molecular flexibility index (Phi) is 12.8. The summed E-state index contributed by atoms with van der Waals surface area (Å²) in [6.45, 7) is 7.28. The highest BCUT2D eigenvalue weighted by atomic mass is 79.9. The third-order valence-corrected chi connectivity index (χ3v) is 8.42. The highest BCUT2D eigenvalue weighted by Gasteiger charge is 2.38. The molecular formula is C32H44BrNO5. The average Bonchev–Trinajstić information content (AvgIpc) is 3.49. The quantitative estimate of drug-likeness (QED) is 0.104.